The van der Waals surface area contributed by atoms with Crippen LogP contribution in [0.25, 0.3) is 0 Å². The van der Waals surface area contributed by atoms with Crippen molar-refractivity contribution in [2.75, 3.05) is 6.61 Å². The van der Waals surface area contributed by atoms with Gasteiger partial charge in [0.1, 0.15) is 5.60 Å². The summed E-state index contributed by atoms with van der Waals surface area (Å²) in [6.07, 6.45) is 4.20. The topological polar surface area (TPSA) is 74.2 Å². The summed E-state index contributed by atoms with van der Waals surface area (Å²) >= 11 is 0. The molecule has 1 atom stereocenters. The van der Waals surface area contributed by atoms with Gasteiger partial charge in [-0.3, -0.25) is 0 Å². The molecule has 5 heteroatoms. The first-order chi connectivity index (χ1) is 8.57. The van der Waals surface area contributed by atoms with E-state index >= 15 is 0 Å². The summed E-state index contributed by atoms with van der Waals surface area (Å²) in [5.41, 5.74) is 5.40. The standard InChI is InChI=1S/C13H23N3O2/c1-4-17-13(7-5-9(2)6-8-13)12-15-11(10(3)14)18-16-12/h9-10H,4-8,14H2,1-3H3. The van der Waals surface area contributed by atoms with Gasteiger partial charge in [-0.25, -0.2) is 0 Å². The lowest BCUT2D eigenvalue weighted by atomic mass is 9.79. The number of hydrogen-bond acceptors (Lipinski definition) is 5. The van der Waals surface area contributed by atoms with Crippen LogP contribution < -0.4 is 5.73 Å². The quantitative estimate of drug-likeness (QED) is 0.892. The first kappa shape index (κ1) is 13.5. The molecule has 1 heterocycles. The van der Waals surface area contributed by atoms with Crippen LogP contribution >= 0.6 is 0 Å². The Hall–Kier alpha value is -0.940. The molecule has 2 rings (SSSR count). The van der Waals surface area contributed by atoms with Crippen molar-refractivity contribution in [3.8, 4) is 0 Å². The van der Waals surface area contributed by atoms with Crippen molar-refractivity contribution in [1.29, 1.82) is 0 Å². The van der Waals surface area contributed by atoms with E-state index in [0.29, 0.717) is 18.3 Å². The van der Waals surface area contributed by atoms with Gasteiger partial charge in [0.05, 0.1) is 6.04 Å². The van der Waals surface area contributed by atoms with Gasteiger partial charge < -0.3 is 15.0 Å². The number of nitrogens with zero attached hydrogens (tertiary/aromatic N) is 2. The van der Waals surface area contributed by atoms with E-state index in [9.17, 15) is 0 Å². The van der Waals surface area contributed by atoms with Gasteiger partial charge in [0.2, 0.25) is 11.7 Å². The van der Waals surface area contributed by atoms with Crippen LogP contribution in [-0.2, 0) is 10.3 Å². The molecule has 0 amide bonds. The maximum absolute atomic E-state index is 5.97. The van der Waals surface area contributed by atoms with Crippen LogP contribution in [0.15, 0.2) is 4.52 Å². The van der Waals surface area contributed by atoms with Crippen LogP contribution in [0.5, 0.6) is 0 Å². The Labute approximate surface area is 108 Å². The molecule has 1 aromatic rings. The van der Waals surface area contributed by atoms with Crippen molar-refractivity contribution in [2.45, 2.75) is 58.1 Å². The van der Waals surface area contributed by atoms with Crippen LogP contribution in [0.3, 0.4) is 0 Å². The Morgan fingerprint density at radius 1 is 1.50 bits per heavy atom. The summed E-state index contributed by atoms with van der Waals surface area (Å²) < 4.78 is 11.2. The third kappa shape index (κ3) is 2.57. The maximum Gasteiger partial charge on any atom is 0.243 e. The minimum Gasteiger partial charge on any atom is -0.367 e. The summed E-state index contributed by atoms with van der Waals surface area (Å²) in [6, 6.07) is -0.229. The molecule has 0 saturated heterocycles. The van der Waals surface area contributed by atoms with Crippen LogP contribution in [0.4, 0.5) is 0 Å². The van der Waals surface area contributed by atoms with Crippen molar-refractivity contribution < 1.29 is 9.26 Å². The third-order valence-corrected chi connectivity index (χ3v) is 3.74. The highest BCUT2D eigenvalue weighted by Crippen LogP contribution is 2.41. The lowest BCUT2D eigenvalue weighted by molar-refractivity contribution is -0.0847. The number of nitrogens with two attached hydrogens (primary N) is 1. The highest BCUT2D eigenvalue weighted by atomic mass is 16.5. The molecule has 1 fully saturated rings. The van der Waals surface area contributed by atoms with Crippen molar-refractivity contribution in [3.05, 3.63) is 11.7 Å². The first-order valence-electron chi connectivity index (χ1n) is 6.81. The SMILES string of the molecule is CCOC1(c2noc(C(C)N)n2)CCC(C)CC1. The molecular formula is C13H23N3O2. The number of aromatic nitrogens is 2. The molecule has 5 nitrogen and oxygen atoms in total. The van der Waals surface area contributed by atoms with E-state index in [1.165, 1.54) is 0 Å². The Morgan fingerprint density at radius 3 is 2.67 bits per heavy atom. The minimum absolute atomic E-state index is 0.229. The van der Waals surface area contributed by atoms with Gasteiger partial charge in [0.25, 0.3) is 0 Å². The first-order valence-corrected chi connectivity index (χ1v) is 6.81. The van der Waals surface area contributed by atoms with Crippen LogP contribution in [0, 0.1) is 5.92 Å². The van der Waals surface area contributed by atoms with Gasteiger partial charge >= 0.3 is 0 Å². The van der Waals surface area contributed by atoms with Gasteiger partial charge in [-0.1, -0.05) is 12.1 Å². The molecule has 102 valence electrons. The summed E-state index contributed by atoms with van der Waals surface area (Å²) in [5.74, 6) is 1.91. The van der Waals surface area contributed by atoms with E-state index in [0.717, 1.165) is 31.6 Å². The summed E-state index contributed by atoms with van der Waals surface area (Å²) in [4.78, 5) is 4.42. The second-order valence-corrected chi connectivity index (χ2v) is 5.35. The molecule has 0 aromatic carbocycles. The summed E-state index contributed by atoms with van der Waals surface area (Å²) in [6.45, 7) is 6.79. The van der Waals surface area contributed by atoms with E-state index in [1.54, 1.807) is 0 Å². The molecule has 1 unspecified atom stereocenters. The summed E-state index contributed by atoms with van der Waals surface area (Å²) in [5, 5.41) is 4.09. The molecule has 1 aliphatic rings. The highest BCUT2D eigenvalue weighted by Gasteiger charge is 2.40. The average Bonchev–Trinajstić information content (AvgIpc) is 2.83. The van der Waals surface area contributed by atoms with Gasteiger partial charge in [-0.05, 0) is 45.4 Å². The van der Waals surface area contributed by atoms with Crippen LogP contribution in [-0.4, -0.2) is 16.7 Å². The molecule has 0 aliphatic heterocycles. The van der Waals surface area contributed by atoms with Gasteiger partial charge in [-0.15, -0.1) is 0 Å². The van der Waals surface area contributed by atoms with Crippen molar-refractivity contribution >= 4 is 0 Å². The monoisotopic (exact) mass is 253 g/mol. The fraction of sp³-hybridized carbons (Fsp3) is 0.846. The van der Waals surface area contributed by atoms with E-state index in [2.05, 4.69) is 17.1 Å². The van der Waals surface area contributed by atoms with Crippen molar-refractivity contribution in [2.24, 2.45) is 11.7 Å². The number of rotatable bonds is 4. The predicted octanol–water partition coefficient (Wildman–Crippen LogP) is 2.53. The highest BCUT2D eigenvalue weighted by molar-refractivity contribution is 5.05. The third-order valence-electron chi connectivity index (χ3n) is 3.74. The molecule has 0 bridgehead atoms. The zero-order valence-electron chi connectivity index (χ0n) is 11.5. The second kappa shape index (κ2) is 5.36. The smallest absolute Gasteiger partial charge is 0.243 e. The van der Waals surface area contributed by atoms with E-state index in [1.807, 2.05) is 13.8 Å². The average molecular weight is 253 g/mol. The predicted molar refractivity (Wildman–Crippen MR) is 67.8 cm³/mol. The van der Waals surface area contributed by atoms with Gasteiger partial charge in [-0.2, -0.15) is 4.98 Å². The largest absolute Gasteiger partial charge is 0.367 e. The molecule has 1 saturated carbocycles. The fourth-order valence-electron chi connectivity index (χ4n) is 2.54. The molecule has 0 radical (unpaired) electrons. The normalized spacial score (nSPS) is 30.3. The lowest BCUT2D eigenvalue weighted by Gasteiger charge is -2.36. The Kier molecular flexibility index (Phi) is 4.02. The molecule has 1 aromatic heterocycles. The zero-order chi connectivity index (χ0) is 13.2. The Morgan fingerprint density at radius 2 is 2.17 bits per heavy atom. The Balaban J connectivity index is 2.23. The minimum atomic E-state index is -0.363. The lowest BCUT2D eigenvalue weighted by Crippen LogP contribution is -2.35. The molecule has 18 heavy (non-hydrogen) atoms. The molecule has 0 spiro atoms. The van der Waals surface area contributed by atoms with Crippen molar-refractivity contribution in [1.82, 2.24) is 10.1 Å². The van der Waals surface area contributed by atoms with Crippen molar-refractivity contribution in [3.63, 3.8) is 0 Å². The zero-order valence-corrected chi connectivity index (χ0v) is 11.5. The molecular weight excluding hydrogens is 230 g/mol. The van der Waals surface area contributed by atoms with Gasteiger partial charge in [0, 0.05) is 6.61 Å². The molecule has 1 aliphatic carbocycles. The number of hydrogen-bond donors (Lipinski definition) is 1. The summed E-state index contributed by atoms with van der Waals surface area (Å²) in [7, 11) is 0. The van der Waals surface area contributed by atoms with E-state index < -0.39 is 0 Å². The van der Waals surface area contributed by atoms with Crippen LogP contribution in [0.1, 0.15) is 64.2 Å². The van der Waals surface area contributed by atoms with Crippen LogP contribution in [0.2, 0.25) is 0 Å². The second-order valence-electron chi connectivity index (χ2n) is 5.35. The van der Waals surface area contributed by atoms with E-state index in [-0.39, 0.29) is 11.6 Å². The fourth-order valence-corrected chi connectivity index (χ4v) is 2.54. The number of ether oxygens (including phenoxy) is 1. The Bertz CT molecular complexity index is 381. The van der Waals surface area contributed by atoms with E-state index in [4.69, 9.17) is 15.0 Å². The molecule has 2 N–H and O–H groups in total. The van der Waals surface area contributed by atoms with Gasteiger partial charge in [0.15, 0.2) is 0 Å². The maximum atomic E-state index is 5.97.